The number of esters is 1. The van der Waals surface area contributed by atoms with Gasteiger partial charge in [0.25, 0.3) is 5.56 Å². The zero-order chi connectivity index (χ0) is 14.5. The Bertz CT molecular complexity index is 588. The molecule has 0 unspecified atom stereocenters. The molecule has 1 atom stereocenters. The van der Waals surface area contributed by atoms with Crippen LogP contribution in [0.2, 0.25) is 0 Å². The lowest BCUT2D eigenvalue weighted by Crippen LogP contribution is -2.31. The van der Waals surface area contributed by atoms with E-state index in [4.69, 9.17) is 5.26 Å². The molecule has 20 heavy (non-hydrogen) atoms. The number of carbonyl (C=O) groups is 1. The van der Waals surface area contributed by atoms with Crippen molar-refractivity contribution < 1.29 is 9.53 Å². The topological polar surface area (TPSA) is 75.3 Å². The van der Waals surface area contributed by atoms with Gasteiger partial charge in [0.15, 0.2) is 0 Å². The number of carbonyl (C=O) groups excluding carboxylic acids is 1. The van der Waals surface area contributed by atoms with Gasteiger partial charge in [-0.05, 0) is 18.6 Å². The molecule has 1 saturated heterocycles. The highest BCUT2D eigenvalue weighted by Gasteiger charge is 2.25. The third-order valence-electron chi connectivity index (χ3n) is 3.56. The van der Waals surface area contributed by atoms with Crippen molar-refractivity contribution in [3.63, 3.8) is 0 Å². The average Bonchev–Trinajstić information content (AvgIpc) is 2.93. The number of nitriles is 1. The highest BCUT2D eigenvalue weighted by molar-refractivity contribution is 5.88. The van der Waals surface area contributed by atoms with E-state index in [1.165, 1.54) is 13.2 Å². The number of hydrogen-bond donors (Lipinski definition) is 0. The number of nitrogens with zero attached hydrogens (tertiary/aromatic N) is 3. The van der Waals surface area contributed by atoms with Gasteiger partial charge in [0.2, 0.25) is 0 Å². The summed E-state index contributed by atoms with van der Waals surface area (Å²) < 4.78 is 6.21. The smallest absolute Gasteiger partial charge is 0.343 e. The van der Waals surface area contributed by atoms with Crippen LogP contribution in [0.4, 0.5) is 0 Å². The molecule has 0 N–H and O–H groups in total. The van der Waals surface area contributed by atoms with E-state index >= 15 is 0 Å². The summed E-state index contributed by atoms with van der Waals surface area (Å²) >= 11 is 0. The Balaban J connectivity index is 2.17. The molecular weight excluding hydrogens is 258 g/mol. The van der Waals surface area contributed by atoms with Crippen LogP contribution >= 0.6 is 0 Å². The predicted octanol–water partition coefficient (Wildman–Crippen LogP) is 0.795. The summed E-state index contributed by atoms with van der Waals surface area (Å²) in [6, 6.07) is 5.33. The van der Waals surface area contributed by atoms with Crippen LogP contribution in [-0.2, 0) is 4.74 Å². The van der Waals surface area contributed by atoms with Crippen LogP contribution in [-0.4, -0.2) is 42.2 Å². The number of likely N-dealkylation sites (tertiary alicyclic amines) is 1. The van der Waals surface area contributed by atoms with E-state index < -0.39 is 5.97 Å². The van der Waals surface area contributed by atoms with Crippen LogP contribution in [0.5, 0.6) is 0 Å². The molecule has 1 fully saturated rings. The van der Waals surface area contributed by atoms with Gasteiger partial charge in [0.05, 0.1) is 19.2 Å². The maximum atomic E-state index is 12.3. The molecule has 6 heteroatoms. The minimum Gasteiger partial charge on any atom is -0.465 e. The molecule has 1 aliphatic rings. The number of rotatable bonds is 4. The molecule has 106 valence electrons. The Morgan fingerprint density at radius 1 is 1.60 bits per heavy atom. The maximum absolute atomic E-state index is 12.3. The van der Waals surface area contributed by atoms with Crippen molar-refractivity contribution in [3.05, 3.63) is 34.2 Å². The van der Waals surface area contributed by atoms with E-state index in [-0.39, 0.29) is 17.2 Å². The third-order valence-corrected chi connectivity index (χ3v) is 3.56. The van der Waals surface area contributed by atoms with E-state index in [1.807, 2.05) is 0 Å². The molecule has 6 nitrogen and oxygen atoms in total. The molecule has 0 aliphatic carbocycles. The lowest BCUT2D eigenvalue weighted by molar-refractivity contribution is 0.0597. The molecule has 0 amide bonds. The summed E-state index contributed by atoms with van der Waals surface area (Å²) in [5.74, 6) is -0.608. The van der Waals surface area contributed by atoms with Gasteiger partial charge in [-0.2, -0.15) is 5.26 Å². The van der Waals surface area contributed by atoms with Crippen molar-refractivity contribution in [3.8, 4) is 6.07 Å². The lowest BCUT2D eigenvalue weighted by atomic mass is 10.2. The Kier molecular flexibility index (Phi) is 4.53. The average molecular weight is 275 g/mol. The Labute approximate surface area is 117 Å². The minimum absolute atomic E-state index is 0.0470. The number of hydrogen-bond acceptors (Lipinski definition) is 5. The first-order valence-electron chi connectivity index (χ1n) is 6.56. The summed E-state index contributed by atoms with van der Waals surface area (Å²) in [5, 5.41) is 8.59. The Morgan fingerprint density at radius 3 is 3.10 bits per heavy atom. The number of ether oxygens (including phenoxy) is 1. The standard InChI is InChI=1S/C14H17N3O3/c1-20-14(19)12-4-2-8-17(13(12)18)11-5-9-16(10-11)7-3-6-15/h2,4,8,11H,3,5,7,9-10H2,1H3/t11-/m1/s1. The van der Waals surface area contributed by atoms with Crippen molar-refractivity contribution in [2.45, 2.75) is 18.9 Å². The molecule has 0 radical (unpaired) electrons. The third kappa shape index (κ3) is 2.89. The largest absolute Gasteiger partial charge is 0.465 e. The molecule has 1 aliphatic heterocycles. The molecule has 1 aromatic heterocycles. The minimum atomic E-state index is -0.608. The van der Waals surface area contributed by atoms with Gasteiger partial charge in [0.1, 0.15) is 5.56 Å². The summed E-state index contributed by atoms with van der Waals surface area (Å²) in [5.41, 5.74) is -0.253. The Hall–Kier alpha value is -2.13. The van der Waals surface area contributed by atoms with E-state index in [0.717, 1.165) is 26.1 Å². The van der Waals surface area contributed by atoms with E-state index in [1.54, 1.807) is 16.8 Å². The van der Waals surface area contributed by atoms with Gasteiger partial charge < -0.3 is 14.2 Å². The van der Waals surface area contributed by atoms with Crippen molar-refractivity contribution >= 4 is 5.97 Å². The van der Waals surface area contributed by atoms with Crippen LogP contribution in [0.1, 0.15) is 29.2 Å². The second kappa shape index (κ2) is 6.35. The molecule has 1 aromatic rings. The Morgan fingerprint density at radius 2 is 2.40 bits per heavy atom. The van der Waals surface area contributed by atoms with Crippen molar-refractivity contribution in [1.29, 1.82) is 5.26 Å². The van der Waals surface area contributed by atoms with E-state index in [2.05, 4.69) is 15.7 Å². The van der Waals surface area contributed by atoms with E-state index in [0.29, 0.717) is 6.42 Å². The summed E-state index contributed by atoms with van der Waals surface area (Å²) in [4.78, 5) is 26.0. The fraction of sp³-hybridized carbons (Fsp3) is 0.500. The van der Waals surface area contributed by atoms with Crippen molar-refractivity contribution in [2.75, 3.05) is 26.7 Å². The van der Waals surface area contributed by atoms with Gasteiger partial charge in [-0.15, -0.1) is 0 Å². The van der Waals surface area contributed by atoms with Gasteiger partial charge >= 0.3 is 5.97 Å². The van der Waals surface area contributed by atoms with Crippen LogP contribution in [0.15, 0.2) is 23.1 Å². The quantitative estimate of drug-likeness (QED) is 0.760. The zero-order valence-corrected chi connectivity index (χ0v) is 11.4. The van der Waals surface area contributed by atoms with Crippen LogP contribution in [0, 0.1) is 11.3 Å². The SMILES string of the molecule is COC(=O)c1cccn([C@@H]2CCN(CCC#N)C2)c1=O. The first-order valence-corrected chi connectivity index (χ1v) is 6.56. The monoisotopic (exact) mass is 275 g/mol. The summed E-state index contributed by atoms with van der Waals surface area (Å²) in [6.45, 7) is 2.31. The second-order valence-electron chi connectivity index (χ2n) is 4.78. The first kappa shape index (κ1) is 14.3. The number of pyridine rings is 1. The summed E-state index contributed by atoms with van der Waals surface area (Å²) in [7, 11) is 1.26. The molecule has 0 spiro atoms. The predicted molar refractivity (Wildman–Crippen MR) is 72.4 cm³/mol. The fourth-order valence-electron chi connectivity index (χ4n) is 2.51. The number of methoxy groups -OCH3 is 1. The second-order valence-corrected chi connectivity index (χ2v) is 4.78. The molecule has 2 rings (SSSR count). The van der Waals surface area contributed by atoms with Crippen molar-refractivity contribution in [2.24, 2.45) is 0 Å². The highest BCUT2D eigenvalue weighted by atomic mass is 16.5. The lowest BCUT2D eigenvalue weighted by Gasteiger charge is -2.16. The van der Waals surface area contributed by atoms with Crippen LogP contribution < -0.4 is 5.56 Å². The van der Waals surface area contributed by atoms with Crippen molar-refractivity contribution in [1.82, 2.24) is 9.47 Å². The van der Waals surface area contributed by atoms with Gasteiger partial charge in [-0.1, -0.05) is 0 Å². The first-order chi connectivity index (χ1) is 9.67. The molecule has 0 saturated carbocycles. The van der Waals surface area contributed by atoms with E-state index in [9.17, 15) is 9.59 Å². The van der Waals surface area contributed by atoms with Crippen LogP contribution in [0.3, 0.4) is 0 Å². The number of aromatic nitrogens is 1. The maximum Gasteiger partial charge on any atom is 0.343 e. The van der Waals surface area contributed by atoms with Gasteiger partial charge in [-0.3, -0.25) is 4.79 Å². The van der Waals surface area contributed by atoms with Crippen LogP contribution in [0.25, 0.3) is 0 Å². The zero-order valence-electron chi connectivity index (χ0n) is 11.4. The van der Waals surface area contributed by atoms with Gasteiger partial charge in [0, 0.05) is 32.3 Å². The fourth-order valence-corrected chi connectivity index (χ4v) is 2.51. The normalized spacial score (nSPS) is 18.7. The molecular formula is C14H17N3O3. The molecule has 2 heterocycles. The molecule has 0 aromatic carbocycles. The highest BCUT2D eigenvalue weighted by Crippen LogP contribution is 2.20. The summed E-state index contributed by atoms with van der Waals surface area (Å²) in [6.07, 6.45) is 3.03. The molecule has 0 bridgehead atoms. The van der Waals surface area contributed by atoms with Gasteiger partial charge in [-0.25, -0.2) is 4.79 Å².